The Bertz CT molecular complexity index is 74.0. The third-order valence-corrected chi connectivity index (χ3v) is 0.805. The lowest BCUT2D eigenvalue weighted by atomic mass is 10.4. The van der Waals surface area contributed by atoms with Crippen molar-refractivity contribution >= 4 is 0 Å². The first-order valence-electron chi connectivity index (χ1n) is 5.93. The van der Waals surface area contributed by atoms with Crippen LogP contribution in [0.4, 0.5) is 0 Å². The molecule has 0 unspecified atom stereocenters. The number of hydrogen-bond acceptors (Lipinski definition) is 0. The van der Waals surface area contributed by atoms with Gasteiger partial charge in [-0.1, -0.05) is 65.3 Å². The molecule has 0 nitrogen and oxygen atoms in total. The molecule has 0 saturated heterocycles. The monoisotopic (exact) mass is 200 g/mol. The molecule has 0 rings (SSSR count). The molecule has 14 heavy (non-hydrogen) atoms. The molecule has 0 amide bonds. The molecule has 0 aliphatic rings. The molecule has 0 spiro atoms. The van der Waals surface area contributed by atoms with E-state index < -0.39 is 0 Å². The van der Waals surface area contributed by atoms with Crippen LogP contribution in [-0.2, 0) is 0 Å². The molecule has 88 valence electrons. The van der Waals surface area contributed by atoms with Crippen molar-refractivity contribution in [3.05, 3.63) is 24.3 Å². The second-order valence-corrected chi connectivity index (χ2v) is 2.35. The summed E-state index contributed by atoms with van der Waals surface area (Å²) in [5.74, 6) is 0. The normalized spacial score (nSPS) is 8.00. The van der Waals surface area contributed by atoms with Crippen molar-refractivity contribution < 1.29 is 0 Å². The van der Waals surface area contributed by atoms with Crippen molar-refractivity contribution in [1.29, 1.82) is 0 Å². The highest BCUT2D eigenvalue weighted by molar-refractivity contribution is 4.73. The lowest BCUT2D eigenvalue weighted by Gasteiger charge is -1.65. The minimum absolute atomic E-state index is 1.16. The second-order valence-electron chi connectivity index (χ2n) is 2.35. The van der Waals surface area contributed by atoms with E-state index in [4.69, 9.17) is 0 Å². The van der Waals surface area contributed by atoms with Crippen molar-refractivity contribution in [2.75, 3.05) is 0 Å². The maximum atomic E-state index is 2.12. The van der Waals surface area contributed by atoms with E-state index in [1.54, 1.807) is 0 Å². The summed E-state index contributed by atoms with van der Waals surface area (Å²) in [6.45, 7) is 16.4. The predicted molar refractivity (Wildman–Crippen MR) is 72.9 cm³/mol. The van der Waals surface area contributed by atoms with Crippen molar-refractivity contribution in [3.63, 3.8) is 0 Å². The van der Waals surface area contributed by atoms with Gasteiger partial charge in [-0.3, -0.25) is 0 Å². The Kier molecular flexibility index (Phi) is 91.4. The molecule has 0 aromatic rings. The maximum Gasteiger partial charge on any atom is -0.0379 e. The van der Waals surface area contributed by atoms with Gasteiger partial charge >= 0.3 is 0 Å². The summed E-state index contributed by atoms with van der Waals surface area (Å²) in [5, 5.41) is 0. The smallest absolute Gasteiger partial charge is 0.0379 e. The van der Waals surface area contributed by atoms with Crippen LogP contribution in [0.1, 0.15) is 68.2 Å². The van der Waals surface area contributed by atoms with Crippen LogP contribution in [0.3, 0.4) is 0 Å². The summed E-state index contributed by atoms with van der Waals surface area (Å²) in [4.78, 5) is 0. The van der Waals surface area contributed by atoms with E-state index in [0.29, 0.717) is 0 Å². The van der Waals surface area contributed by atoms with Crippen molar-refractivity contribution in [1.82, 2.24) is 0 Å². The van der Waals surface area contributed by atoms with E-state index in [9.17, 15) is 0 Å². The Hall–Kier alpha value is -0.520. The first-order valence-corrected chi connectivity index (χ1v) is 5.93. The molecule has 0 aliphatic heterocycles. The minimum Gasteiger partial charge on any atom is -0.0919 e. The Morgan fingerprint density at radius 1 is 0.714 bits per heavy atom. The first kappa shape index (κ1) is 23.4. The fraction of sp³-hybridized carbons (Fsp3) is 0.714. The van der Waals surface area contributed by atoms with Gasteiger partial charge in [0.2, 0.25) is 0 Å². The van der Waals surface area contributed by atoms with Gasteiger partial charge in [-0.2, -0.15) is 0 Å². The van der Waals surface area contributed by atoms with Gasteiger partial charge in [0, 0.05) is 0 Å². The summed E-state index contributed by atoms with van der Waals surface area (Å²) in [6, 6.07) is 0. The fourth-order valence-corrected chi connectivity index (χ4v) is 0.236. The van der Waals surface area contributed by atoms with Gasteiger partial charge in [-0.25, -0.2) is 0 Å². The SMILES string of the molecule is C/C=C/CC.C/C=C\C.CC.CCC. The molecule has 0 bridgehead atoms. The fourth-order valence-electron chi connectivity index (χ4n) is 0.236. The first-order chi connectivity index (χ1) is 6.74. The van der Waals surface area contributed by atoms with Crippen LogP contribution in [0, 0.1) is 0 Å². The number of hydrogen-bond donors (Lipinski definition) is 0. The highest BCUT2D eigenvalue weighted by Crippen LogP contribution is 1.73. The quantitative estimate of drug-likeness (QED) is 0.455. The van der Waals surface area contributed by atoms with Crippen molar-refractivity contribution in [2.24, 2.45) is 0 Å². The molecule has 0 saturated carbocycles. The van der Waals surface area contributed by atoms with Gasteiger partial charge in [0.15, 0.2) is 0 Å². The van der Waals surface area contributed by atoms with Gasteiger partial charge in [-0.05, 0) is 27.2 Å². The number of allylic oxidation sites excluding steroid dienone is 4. The van der Waals surface area contributed by atoms with Gasteiger partial charge in [0.05, 0.1) is 0 Å². The average molecular weight is 200 g/mol. The molecule has 0 heteroatoms. The largest absolute Gasteiger partial charge is 0.0919 e. The lowest BCUT2D eigenvalue weighted by Crippen LogP contribution is -1.43. The van der Waals surface area contributed by atoms with Crippen LogP contribution in [0.25, 0.3) is 0 Å². The zero-order valence-electron chi connectivity index (χ0n) is 11.7. The van der Waals surface area contributed by atoms with E-state index in [-0.39, 0.29) is 0 Å². The molecular formula is C14H32. The summed E-state index contributed by atoms with van der Waals surface area (Å²) >= 11 is 0. The van der Waals surface area contributed by atoms with Crippen LogP contribution in [0.5, 0.6) is 0 Å². The standard InChI is InChI=1S/C5H10.C4H8.C3H8.C2H6/c1-3-5-4-2;1-3-4-2;1-3-2;1-2/h3,5H,4H2,1-2H3;3-4H,1-2H3;3H2,1-2H3;1-2H3/b5-3+;4-3-;;. The average Bonchev–Trinajstić information content (AvgIpc) is 2.24. The minimum atomic E-state index is 1.16. The van der Waals surface area contributed by atoms with Crippen LogP contribution in [0.15, 0.2) is 24.3 Å². The zero-order chi connectivity index (χ0) is 12.2. The molecule has 0 N–H and O–H groups in total. The Labute approximate surface area is 93.1 Å². The van der Waals surface area contributed by atoms with E-state index in [1.807, 2.05) is 46.8 Å². The summed E-state index contributed by atoms with van der Waals surface area (Å²) in [6.07, 6.45) is 10.6. The number of rotatable bonds is 1. The van der Waals surface area contributed by atoms with Gasteiger partial charge in [-0.15, -0.1) is 0 Å². The van der Waals surface area contributed by atoms with Crippen LogP contribution in [0.2, 0.25) is 0 Å². The summed E-state index contributed by atoms with van der Waals surface area (Å²) < 4.78 is 0. The molecule has 0 fully saturated rings. The van der Waals surface area contributed by atoms with Crippen molar-refractivity contribution in [2.45, 2.75) is 68.2 Å². The van der Waals surface area contributed by atoms with Gasteiger partial charge in [0.25, 0.3) is 0 Å². The van der Waals surface area contributed by atoms with E-state index in [2.05, 4.69) is 32.9 Å². The summed E-state index contributed by atoms with van der Waals surface area (Å²) in [7, 11) is 0. The van der Waals surface area contributed by atoms with Crippen LogP contribution >= 0.6 is 0 Å². The molecule has 0 aromatic carbocycles. The summed E-state index contributed by atoms with van der Waals surface area (Å²) in [5.41, 5.74) is 0. The predicted octanol–water partition coefficient (Wildman–Crippen LogP) is 6.00. The zero-order valence-corrected chi connectivity index (χ0v) is 11.7. The van der Waals surface area contributed by atoms with Crippen LogP contribution in [-0.4, -0.2) is 0 Å². The van der Waals surface area contributed by atoms with E-state index in [0.717, 1.165) is 6.42 Å². The molecule has 0 atom stereocenters. The molecule has 0 aliphatic carbocycles. The topological polar surface area (TPSA) is 0 Å². The van der Waals surface area contributed by atoms with E-state index >= 15 is 0 Å². The van der Waals surface area contributed by atoms with Gasteiger partial charge < -0.3 is 0 Å². The van der Waals surface area contributed by atoms with Crippen LogP contribution < -0.4 is 0 Å². The third-order valence-electron chi connectivity index (χ3n) is 0.805. The van der Waals surface area contributed by atoms with Crippen molar-refractivity contribution in [3.8, 4) is 0 Å². The maximum absolute atomic E-state index is 2.12. The molecular weight excluding hydrogens is 168 g/mol. The lowest BCUT2D eigenvalue weighted by molar-refractivity contribution is 1.09. The molecule has 0 aromatic heterocycles. The Morgan fingerprint density at radius 3 is 1.00 bits per heavy atom. The second kappa shape index (κ2) is 54.8. The highest BCUT2D eigenvalue weighted by Gasteiger charge is 1.52. The Balaban J connectivity index is -0.0000000505. The third kappa shape index (κ3) is 205. The van der Waals surface area contributed by atoms with E-state index in [1.165, 1.54) is 6.42 Å². The molecule has 0 heterocycles. The van der Waals surface area contributed by atoms with Gasteiger partial charge in [0.1, 0.15) is 0 Å². The highest BCUT2D eigenvalue weighted by atomic mass is 13.6. The molecule has 0 radical (unpaired) electrons. The Morgan fingerprint density at radius 2 is 1.00 bits per heavy atom.